The smallest absolute Gasteiger partial charge is 0.320 e. The number of nitrogens with two attached hydrogens (primary N) is 1. The van der Waals surface area contributed by atoms with Gasteiger partial charge in [0.25, 0.3) is 0 Å². The van der Waals surface area contributed by atoms with Crippen LogP contribution in [0, 0.1) is 11.7 Å². The van der Waals surface area contributed by atoms with Gasteiger partial charge in [-0.05, 0) is 60.6 Å². The summed E-state index contributed by atoms with van der Waals surface area (Å²) in [6.45, 7) is 1.96. The van der Waals surface area contributed by atoms with Gasteiger partial charge < -0.3 is 29.7 Å². The highest BCUT2D eigenvalue weighted by Crippen LogP contribution is 2.41. The van der Waals surface area contributed by atoms with E-state index in [0.717, 1.165) is 24.0 Å². The van der Waals surface area contributed by atoms with Gasteiger partial charge in [0.15, 0.2) is 17.3 Å². The molecule has 0 spiro atoms. The van der Waals surface area contributed by atoms with Crippen LogP contribution in [0.2, 0.25) is 0 Å². The van der Waals surface area contributed by atoms with Crippen molar-refractivity contribution in [3.8, 4) is 11.5 Å². The summed E-state index contributed by atoms with van der Waals surface area (Å²) in [6, 6.07) is 12.4. The monoisotopic (exact) mass is 513 g/mol. The molecule has 2 aliphatic rings. The minimum absolute atomic E-state index is 0.00314. The number of hydrogen-bond donors (Lipinski definition) is 1. The van der Waals surface area contributed by atoms with E-state index in [0.29, 0.717) is 44.1 Å². The number of rotatable bonds is 6. The molecule has 4 rings (SSSR count). The van der Waals surface area contributed by atoms with Crippen molar-refractivity contribution < 1.29 is 28.2 Å². The third kappa shape index (κ3) is 6.40. The van der Waals surface area contributed by atoms with Gasteiger partial charge in [0, 0.05) is 32.1 Å². The maximum atomic E-state index is 13.7. The molecule has 0 aliphatic carbocycles. The fourth-order valence-electron chi connectivity index (χ4n) is 5.36. The first-order valence-corrected chi connectivity index (χ1v) is 12.8. The van der Waals surface area contributed by atoms with E-state index >= 15 is 0 Å². The molecule has 2 fully saturated rings. The standard InChI is InChI=1S/C28H36FN3O5/c1-35-25-8-5-21(15-26(25)36-2)27(19-3-6-22(29)7-4-19)20-9-12-31(13-10-20)28(34)32-14-11-24(16-30)37-18-23(33)17-32/h3-8,15,20,24,27H,9-14,16-18,30H2,1-2H3/t24-,27+/m0/s1. The Morgan fingerprint density at radius 3 is 2.30 bits per heavy atom. The second kappa shape index (κ2) is 12.4. The Morgan fingerprint density at radius 1 is 1.00 bits per heavy atom. The lowest BCUT2D eigenvalue weighted by molar-refractivity contribution is -0.128. The number of hydrogen-bond acceptors (Lipinski definition) is 6. The average molecular weight is 514 g/mol. The predicted molar refractivity (Wildman–Crippen MR) is 137 cm³/mol. The van der Waals surface area contributed by atoms with Gasteiger partial charge >= 0.3 is 6.03 Å². The van der Waals surface area contributed by atoms with E-state index in [1.807, 2.05) is 35.2 Å². The molecule has 2 aromatic carbocycles. The number of carbonyl (C=O) groups excluding carboxylic acids is 2. The topological polar surface area (TPSA) is 94.3 Å². The van der Waals surface area contributed by atoms with Gasteiger partial charge in [0.1, 0.15) is 12.4 Å². The second-order valence-electron chi connectivity index (χ2n) is 9.67. The molecule has 200 valence electrons. The lowest BCUT2D eigenvalue weighted by atomic mass is 9.76. The van der Waals surface area contributed by atoms with Crippen LogP contribution < -0.4 is 15.2 Å². The Kier molecular flexibility index (Phi) is 9.00. The van der Waals surface area contributed by atoms with Crippen LogP contribution >= 0.6 is 0 Å². The van der Waals surface area contributed by atoms with Gasteiger partial charge in [-0.3, -0.25) is 4.79 Å². The van der Waals surface area contributed by atoms with Gasteiger partial charge in [-0.15, -0.1) is 0 Å². The molecule has 2 aliphatic heterocycles. The molecule has 0 unspecified atom stereocenters. The van der Waals surface area contributed by atoms with Gasteiger partial charge in [-0.2, -0.15) is 0 Å². The zero-order valence-corrected chi connectivity index (χ0v) is 21.5. The fourth-order valence-corrected chi connectivity index (χ4v) is 5.36. The molecule has 0 aromatic heterocycles. The fraction of sp³-hybridized carbons (Fsp3) is 0.500. The van der Waals surface area contributed by atoms with E-state index in [1.165, 1.54) is 12.1 Å². The van der Waals surface area contributed by atoms with Crippen LogP contribution in [0.5, 0.6) is 11.5 Å². The molecule has 9 heteroatoms. The number of amides is 2. The van der Waals surface area contributed by atoms with Crippen molar-refractivity contribution in [1.82, 2.24) is 9.80 Å². The Labute approximate surface area is 217 Å². The highest BCUT2D eigenvalue weighted by molar-refractivity contribution is 5.86. The number of ether oxygens (including phenoxy) is 3. The number of urea groups is 1. The number of halogens is 1. The van der Waals surface area contributed by atoms with Crippen LogP contribution in [0.4, 0.5) is 9.18 Å². The summed E-state index contributed by atoms with van der Waals surface area (Å²) in [6.07, 6.45) is 1.94. The highest BCUT2D eigenvalue weighted by Gasteiger charge is 2.33. The van der Waals surface area contributed by atoms with Crippen molar-refractivity contribution in [2.24, 2.45) is 11.7 Å². The first-order valence-electron chi connectivity index (χ1n) is 12.8. The molecule has 8 nitrogen and oxygen atoms in total. The van der Waals surface area contributed by atoms with E-state index in [4.69, 9.17) is 19.9 Å². The summed E-state index contributed by atoms with van der Waals surface area (Å²) >= 11 is 0. The van der Waals surface area contributed by atoms with Gasteiger partial charge in [0.2, 0.25) is 0 Å². The third-order valence-electron chi connectivity index (χ3n) is 7.38. The van der Waals surface area contributed by atoms with Crippen LogP contribution in [-0.2, 0) is 9.53 Å². The molecule has 0 radical (unpaired) electrons. The van der Waals surface area contributed by atoms with Crippen LogP contribution in [0.25, 0.3) is 0 Å². The number of ketones is 1. The number of methoxy groups -OCH3 is 2. The molecule has 2 saturated heterocycles. The molecule has 2 atom stereocenters. The molecule has 0 bridgehead atoms. The number of piperidine rings is 1. The molecule has 2 aromatic rings. The zero-order valence-electron chi connectivity index (χ0n) is 21.5. The summed E-state index contributed by atoms with van der Waals surface area (Å²) in [5, 5.41) is 0. The SMILES string of the molecule is COc1ccc([C@H](c2ccc(F)cc2)C2CCN(C(=O)N3CC[C@@H](CN)OCC(=O)C3)CC2)cc1OC. The lowest BCUT2D eigenvalue weighted by Gasteiger charge is -2.39. The molecule has 37 heavy (non-hydrogen) atoms. The number of benzene rings is 2. The Balaban J connectivity index is 1.50. The van der Waals surface area contributed by atoms with Gasteiger partial charge in [0.05, 0.1) is 26.9 Å². The van der Waals surface area contributed by atoms with Crippen molar-refractivity contribution in [1.29, 1.82) is 0 Å². The molecule has 2 N–H and O–H groups in total. The molecule has 2 amide bonds. The van der Waals surface area contributed by atoms with Crippen molar-refractivity contribution in [3.63, 3.8) is 0 Å². The van der Waals surface area contributed by atoms with Gasteiger partial charge in [-0.25, -0.2) is 9.18 Å². The number of likely N-dealkylation sites (tertiary alicyclic amines) is 1. The first-order chi connectivity index (χ1) is 17.9. The summed E-state index contributed by atoms with van der Waals surface area (Å²) in [5.41, 5.74) is 7.80. The minimum Gasteiger partial charge on any atom is -0.493 e. The second-order valence-corrected chi connectivity index (χ2v) is 9.67. The van der Waals surface area contributed by atoms with Crippen LogP contribution in [0.1, 0.15) is 36.3 Å². The van der Waals surface area contributed by atoms with Crippen molar-refractivity contribution in [3.05, 3.63) is 59.4 Å². The zero-order chi connectivity index (χ0) is 26.4. The van der Waals surface area contributed by atoms with Crippen molar-refractivity contribution >= 4 is 11.8 Å². The van der Waals surface area contributed by atoms with Crippen LogP contribution in [0.15, 0.2) is 42.5 Å². The lowest BCUT2D eigenvalue weighted by Crippen LogP contribution is -2.51. The van der Waals surface area contributed by atoms with E-state index in [-0.39, 0.29) is 48.7 Å². The maximum absolute atomic E-state index is 13.7. The van der Waals surface area contributed by atoms with Crippen LogP contribution in [0.3, 0.4) is 0 Å². The van der Waals surface area contributed by atoms with E-state index in [2.05, 4.69) is 0 Å². The molecule has 2 heterocycles. The summed E-state index contributed by atoms with van der Waals surface area (Å²) < 4.78 is 30.2. The number of Topliss-reactive ketones (excluding diaryl/α,β-unsaturated/α-hetero) is 1. The maximum Gasteiger partial charge on any atom is 0.320 e. The summed E-state index contributed by atoms with van der Waals surface area (Å²) in [5.74, 6) is 1.13. The summed E-state index contributed by atoms with van der Waals surface area (Å²) in [7, 11) is 3.21. The van der Waals surface area contributed by atoms with Crippen LogP contribution in [-0.4, -0.2) is 81.3 Å². The van der Waals surface area contributed by atoms with Crippen molar-refractivity contribution in [2.45, 2.75) is 31.3 Å². The minimum atomic E-state index is -0.278. The first kappa shape index (κ1) is 26.9. The normalized spacial score (nSPS) is 20.2. The predicted octanol–water partition coefficient (Wildman–Crippen LogP) is 3.43. The Morgan fingerprint density at radius 2 is 1.65 bits per heavy atom. The summed E-state index contributed by atoms with van der Waals surface area (Å²) in [4.78, 5) is 29.0. The highest BCUT2D eigenvalue weighted by atomic mass is 19.1. The van der Waals surface area contributed by atoms with E-state index in [1.54, 1.807) is 19.1 Å². The number of carbonyl (C=O) groups is 2. The molecular weight excluding hydrogens is 477 g/mol. The largest absolute Gasteiger partial charge is 0.493 e. The molecule has 0 saturated carbocycles. The van der Waals surface area contributed by atoms with Gasteiger partial charge in [-0.1, -0.05) is 18.2 Å². The average Bonchev–Trinajstić information content (AvgIpc) is 2.92. The Hall–Kier alpha value is -3.17. The molecular formula is C28H36FN3O5. The third-order valence-corrected chi connectivity index (χ3v) is 7.38. The number of nitrogens with zero attached hydrogens (tertiary/aromatic N) is 2. The Bertz CT molecular complexity index is 1070. The van der Waals surface area contributed by atoms with Crippen molar-refractivity contribution in [2.75, 3.05) is 53.6 Å². The quantitative estimate of drug-likeness (QED) is 0.636. The van der Waals surface area contributed by atoms with E-state index in [9.17, 15) is 14.0 Å². The van der Waals surface area contributed by atoms with E-state index < -0.39 is 0 Å².